The van der Waals surface area contributed by atoms with Crippen LogP contribution in [0.4, 0.5) is 0 Å². The number of nitrogens with zero attached hydrogens (tertiary/aromatic N) is 1. The summed E-state index contributed by atoms with van der Waals surface area (Å²) in [5, 5.41) is 6.71. The number of hydrogen-bond donors (Lipinski definition) is 1. The first kappa shape index (κ1) is 20.5. The number of nitrogens with one attached hydrogen (secondary N) is 1. The minimum Gasteiger partial charge on any atom is -0.489 e. The van der Waals surface area contributed by atoms with Gasteiger partial charge in [-0.1, -0.05) is 61.0 Å². The lowest BCUT2D eigenvalue weighted by atomic mass is 10.0. The molecule has 0 heterocycles. The summed E-state index contributed by atoms with van der Waals surface area (Å²) >= 11 is 0. The van der Waals surface area contributed by atoms with Gasteiger partial charge in [-0.05, 0) is 37.0 Å². The Bertz CT molecular complexity index is 772. The molecule has 5 nitrogen and oxygen atoms in total. The number of oxime groups is 1. The molecule has 144 valence electrons. The molecule has 0 aliphatic heterocycles. The van der Waals surface area contributed by atoms with E-state index < -0.39 is 0 Å². The first-order valence-corrected chi connectivity index (χ1v) is 9.39. The van der Waals surface area contributed by atoms with Gasteiger partial charge in [0, 0.05) is 12.1 Å². The van der Waals surface area contributed by atoms with E-state index in [0.29, 0.717) is 18.7 Å². The monoisotopic (exact) mass is 368 g/mol. The summed E-state index contributed by atoms with van der Waals surface area (Å²) in [4.78, 5) is 17.3. The number of unbranched alkanes of at least 4 members (excludes halogenated alkanes) is 1. The summed E-state index contributed by atoms with van der Waals surface area (Å²) in [6.45, 7) is 4.91. The van der Waals surface area contributed by atoms with Crippen molar-refractivity contribution in [2.24, 2.45) is 5.16 Å². The predicted octanol–water partition coefficient (Wildman–Crippen LogP) is 4.09. The number of carbonyl (C=O) groups is 1. The molecule has 0 radical (unpaired) electrons. The van der Waals surface area contributed by atoms with Gasteiger partial charge in [-0.2, -0.15) is 0 Å². The van der Waals surface area contributed by atoms with E-state index in [-0.39, 0.29) is 11.6 Å². The lowest BCUT2D eigenvalue weighted by Crippen LogP contribution is -2.32. The molecule has 0 unspecified atom stereocenters. The Labute approximate surface area is 161 Å². The normalized spacial score (nSPS) is 11.1. The van der Waals surface area contributed by atoms with Crippen molar-refractivity contribution >= 4 is 11.6 Å². The topological polar surface area (TPSA) is 59.9 Å². The van der Waals surface area contributed by atoms with Gasteiger partial charge in [-0.15, -0.1) is 0 Å². The van der Waals surface area contributed by atoms with Crippen molar-refractivity contribution in [1.29, 1.82) is 0 Å². The molecular formula is C22H28N2O3. The van der Waals surface area contributed by atoms with Crippen molar-refractivity contribution in [3.8, 4) is 5.75 Å². The van der Waals surface area contributed by atoms with E-state index in [0.717, 1.165) is 30.6 Å². The number of amides is 1. The van der Waals surface area contributed by atoms with Gasteiger partial charge in [0.05, 0.1) is 0 Å². The van der Waals surface area contributed by atoms with Crippen molar-refractivity contribution < 1.29 is 14.4 Å². The highest BCUT2D eigenvalue weighted by molar-refractivity contribution is 6.45. The standard InChI is InChI=1S/C22H28N2O3/c1-4-6-11-17-12-8-10-15-20(17)27-16-18-13-7-9-14-19(18)21(24-26-3)22(25)23-5-2/h7-10,12-15H,4-6,11,16H2,1-3H3,(H,23,25)/b24-21+. The van der Waals surface area contributed by atoms with Crippen LogP contribution in [0.5, 0.6) is 5.75 Å². The molecule has 0 fully saturated rings. The molecule has 0 spiro atoms. The Morgan fingerprint density at radius 1 is 1.04 bits per heavy atom. The average Bonchev–Trinajstić information content (AvgIpc) is 2.70. The van der Waals surface area contributed by atoms with E-state index in [1.54, 1.807) is 0 Å². The zero-order valence-corrected chi connectivity index (χ0v) is 16.3. The van der Waals surface area contributed by atoms with E-state index in [9.17, 15) is 4.79 Å². The maximum absolute atomic E-state index is 12.4. The Kier molecular flexibility index (Phi) is 8.36. The van der Waals surface area contributed by atoms with E-state index in [1.165, 1.54) is 12.7 Å². The number of benzene rings is 2. The highest BCUT2D eigenvalue weighted by Crippen LogP contribution is 2.22. The van der Waals surface area contributed by atoms with Gasteiger partial charge < -0.3 is 14.9 Å². The highest BCUT2D eigenvalue weighted by atomic mass is 16.6. The van der Waals surface area contributed by atoms with Gasteiger partial charge in [-0.25, -0.2) is 0 Å². The smallest absolute Gasteiger partial charge is 0.273 e. The fraction of sp³-hybridized carbons (Fsp3) is 0.364. The van der Waals surface area contributed by atoms with Crippen LogP contribution < -0.4 is 10.1 Å². The zero-order chi connectivity index (χ0) is 19.5. The Morgan fingerprint density at radius 3 is 2.44 bits per heavy atom. The summed E-state index contributed by atoms with van der Waals surface area (Å²) in [7, 11) is 1.43. The molecule has 2 aromatic carbocycles. The van der Waals surface area contributed by atoms with E-state index >= 15 is 0 Å². The Hall–Kier alpha value is -2.82. The van der Waals surface area contributed by atoms with Crippen molar-refractivity contribution in [2.45, 2.75) is 39.7 Å². The molecule has 2 rings (SSSR count). The summed E-state index contributed by atoms with van der Waals surface area (Å²) in [5.41, 5.74) is 3.03. The van der Waals surface area contributed by atoms with Gasteiger partial charge in [0.15, 0.2) is 5.71 Å². The minimum atomic E-state index is -0.268. The summed E-state index contributed by atoms with van der Waals surface area (Å²) in [6, 6.07) is 15.7. The van der Waals surface area contributed by atoms with Crippen molar-refractivity contribution in [1.82, 2.24) is 5.32 Å². The van der Waals surface area contributed by atoms with Crippen LogP contribution in [-0.4, -0.2) is 25.3 Å². The molecule has 27 heavy (non-hydrogen) atoms. The Morgan fingerprint density at radius 2 is 1.74 bits per heavy atom. The quantitative estimate of drug-likeness (QED) is 0.507. The van der Waals surface area contributed by atoms with E-state index in [1.807, 2.05) is 49.4 Å². The number of aryl methyl sites for hydroxylation is 1. The van der Waals surface area contributed by atoms with Crippen LogP contribution in [-0.2, 0) is 22.7 Å². The van der Waals surface area contributed by atoms with E-state index in [4.69, 9.17) is 9.57 Å². The molecule has 2 aromatic rings. The van der Waals surface area contributed by atoms with E-state index in [2.05, 4.69) is 23.5 Å². The fourth-order valence-electron chi connectivity index (χ4n) is 2.80. The van der Waals surface area contributed by atoms with Crippen molar-refractivity contribution in [3.63, 3.8) is 0 Å². The summed E-state index contributed by atoms with van der Waals surface area (Å²) in [6.07, 6.45) is 3.25. The zero-order valence-electron chi connectivity index (χ0n) is 16.3. The first-order valence-electron chi connectivity index (χ1n) is 9.39. The molecule has 0 saturated heterocycles. The second-order valence-corrected chi connectivity index (χ2v) is 6.14. The molecular weight excluding hydrogens is 340 g/mol. The van der Waals surface area contributed by atoms with Crippen LogP contribution >= 0.6 is 0 Å². The van der Waals surface area contributed by atoms with Gasteiger partial charge >= 0.3 is 0 Å². The maximum atomic E-state index is 12.4. The Balaban J connectivity index is 2.24. The third-order valence-corrected chi connectivity index (χ3v) is 4.16. The largest absolute Gasteiger partial charge is 0.489 e. The number of rotatable bonds is 10. The van der Waals surface area contributed by atoms with Crippen LogP contribution in [0.2, 0.25) is 0 Å². The number of carbonyl (C=O) groups excluding carboxylic acids is 1. The lowest BCUT2D eigenvalue weighted by Gasteiger charge is -2.14. The number of para-hydroxylation sites is 1. The van der Waals surface area contributed by atoms with Crippen LogP contribution in [0.3, 0.4) is 0 Å². The lowest BCUT2D eigenvalue weighted by molar-refractivity contribution is -0.114. The molecule has 5 heteroatoms. The van der Waals surface area contributed by atoms with Crippen molar-refractivity contribution in [2.75, 3.05) is 13.7 Å². The minimum absolute atomic E-state index is 0.248. The number of ether oxygens (including phenoxy) is 1. The molecule has 1 N–H and O–H groups in total. The third-order valence-electron chi connectivity index (χ3n) is 4.16. The predicted molar refractivity (Wildman–Crippen MR) is 108 cm³/mol. The van der Waals surface area contributed by atoms with Gasteiger partial charge in [0.2, 0.25) is 0 Å². The first-order chi connectivity index (χ1) is 13.2. The second kappa shape index (κ2) is 11.0. The molecule has 0 atom stereocenters. The van der Waals surface area contributed by atoms with Crippen LogP contribution in [0.1, 0.15) is 43.4 Å². The SMILES string of the molecule is CCCCc1ccccc1OCc1ccccc1/C(=N\OC)C(=O)NCC. The molecule has 0 saturated carbocycles. The van der Waals surface area contributed by atoms with Crippen molar-refractivity contribution in [3.05, 3.63) is 65.2 Å². The molecule has 0 bridgehead atoms. The van der Waals surface area contributed by atoms with Crippen LogP contribution in [0.25, 0.3) is 0 Å². The summed E-state index contributed by atoms with van der Waals surface area (Å²) < 4.78 is 6.10. The van der Waals surface area contributed by atoms with Gasteiger partial charge in [-0.3, -0.25) is 4.79 Å². The van der Waals surface area contributed by atoms with Crippen LogP contribution in [0.15, 0.2) is 53.7 Å². The highest BCUT2D eigenvalue weighted by Gasteiger charge is 2.18. The molecule has 0 aliphatic carbocycles. The summed E-state index contributed by atoms with van der Waals surface area (Å²) in [5.74, 6) is 0.610. The fourth-order valence-corrected chi connectivity index (χ4v) is 2.80. The number of hydrogen-bond acceptors (Lipinski definition) is 4. The third kappa shape index (κ3) is 5.84. The van der Waals surface area contributed by atoms with Gasteiger partial charge in [0.1, 0.15) is 19.5 Å². The molecule has 0 aliphatic rings. The molecule has 0 aromatic heterocycles. The van der Waals surface area contributed by atoms with Gasteiger partial charge in [0.25, 0.3) is 5.91 Å². The van der Waals surface area contributed by atoms with Crippen LogP contribution in [0, 0.1) is 0 Å². The molecule has 1 amide bonds. The number of likely N-dealkylation sites (N-methyl/N-ethyl adjacent to an activating group) is 1. The maximum Gasteiger partial charge on any atom is 0.273 e. The average molecular weight is 368 g/mol. The second-order valence-electron chi connectivity index (χ2n) is 6.14.